The molecule has 0 radical (unpaired) electrons. The van der Waals surface area contributed by atoms with Gasteiger partial charge in [-0.3, -0.25) is 18.6 Å². The summed E-state index contributed by atoms with van der Waals surface area (Å²) >= 11 is 0. The monoisotopic (exact) mass is 711 g/mol. The van der Waals surface area contributed by atoms with Gasteiger partial charge in [0.1, 0.15) is 29.8 Å². The van der Waals surface area contributed by atoms with Crippen LogP contribution in [-0.4, -0.2) is 84.6 Å². The van der Waals surface area contributed by atoms with Crippen LogP contribution in [-0.2, 0) is 33.6 Å². The second kappa shape index (κ2) is 13.8. The van der Waals surface area contributed by atoms with E-state index in [-0.39, 0.29) is 25.5 Å². The molecule has 2 heterocycles. The molecule has 1 saturated heterocycles. The minimum atomic E-state index is -4.41. The van der Waals surface area contributed by atoms with E-state index in [4.69, 9.17) is 13.7 Å². The number of likely N-dealkylation sites (tertiary alicyclic amines) is 1. The minimum absolute atomic E-state index is 0.0263. The molecule has 1 aromatic heterocycles. The number of benzene rings is 1. The molecule has 50 heavy (non-hydrogen) atoms. The smallest absolute Gasteiger partial charge is 0.408 e. The van der Waals surface area contributed by atoms with E-state index in [9.17, 15) is 27.6 Å². The van der Waals surface area contributed by atoms with E-state index in [1.807, 2.05) is 35.1 Å². The second-order valence-corrected chi connectivity index (χ2v) is 16.1. The number of rotatable bonds is 12. The van der Waals surface area contributed by atoms with E-state index in [0.717, 1.165) is 36.5 Å². The minimum Gasteiger partial charge on any atom is -0.472 e. The molecular weight excluding hydrogens is 666 g/mol. The summed E-state index contributed by atoms with van der Waals surface area (Å²) < 4.78 is 43.9. The first kappa shape index (κ1) is 35.6. The SMILES string of the molecule is C=C[C@@H]1C[C@]1(NC(=O)[C@@H]1C[C@@H](Oc2nccc3ccccc23)CN1C(=O)[C@@H](NC(=O)OC1CCCC1)C(C)(C)C)C(=O)NS(=O)(=O)OC1CC1. The zero-order valence-electron chi connectivity index (χ0n) is 28.6. The van der Waals surface area contributed by atoms with E-state index in [1.165, 1.54) is 11.0 Å². The molecule has 3 N–H and O–H groups in total. The van der Waals surface area contributed by atoms with E-state index >= 15 is 0 Å². The third kappa shape index (κ3) is 7.88. The van der Waals surface area contributed by atoms with Crippen molar-refractivity contribution in [1.29, 1.82) is 0 Å². The molecule has 2 aromatic rings. The summed E-state index contributed by atoms with van der Waals surface area (Å²) in [4.78, 5) is 60.8. The number of alkyl carbamates (subject to hydrolysis) is 1. The van der Waals surface area contributed by atoms with E-state index < -0.39 is 75.3 Å². The van der Waals surface area contributed by atoms with E-state index in [2.05, 4.69) is 22.2 Å². The summed E-state index contributed by atoms with van der Waals surface area (Å²) in [5, 5.41) is 7.15. The predicted octanol–water partition coefficient (Wildman–Crippen LogP) is 3.27. The Morgan fingerprint density at radius 1 is 1.04 bits per heavy atom. The number of carbonyl (C=O) groups excluding carboxylic acids is 4. The molecule has 0 spiro atoms. The number of nitrogens with one attached hydrogen (secondary N) is 3. The van der Waals surface area contributed by atoms with Crippen molar-refractivity contribution in [2.24, 2.45) is 11.3 Å². The van der Waals surface area contributed by atoms with Gasteiger partial charge < -0.3 is 25.0 Å². The van der Waals surface area contributed by atoms with Crippen molar-refractivity contribution >= 4 is 44.9 Å². The van der Waals surface area contributed by atoms with Gasteiger partial charge in [0.15, 0.2) is 0 Å². The number of hydrogen-bond acceptors (Lipinski definition) is 10. The molecular formula is C35H45N5O9S. The average Bonchev–Trinajstić information content (AvgIpc) is 3.89. The lowest BCUT2D eigenvalue weighted by Crippen LogP contribution is -2.60. The highest BCUT2D eigenvalue weighted by Crippen LogP contribution is 2.45. The van der Waals surface area contributed by atoms with Crippen LogP contribution in [0.2, 0.25) is 0 Å². The van der Waals surface area contributed by atoms with Crippen molar-refractivity contribution < 1.29 is 41.3 Å². The van der Waals surface area contributed by atoms with Crippen LogP contribution in [0, 0.1) is 11.3 Å². The van der Waals surface area contributed by atoms with Crippen LogP contribution in [0.1, 0.15) is 72.1 Å². The van der Waals surface area contributed by atoms with Crippen LogP contribution in [0.25, 0.3) is 10.8 Å². The predicted molar refractivity (Wildman–Crippen MR) is 182 cm³/mol. The van der Waals surface area contributed by atoms with Crippen molar-refractivity contribution in [2.45, 2.75) is 108 Å². The number of aromatic nitrogens is 1. The molecule has 14 nitrogen and oxygen atoms in total. The van der Waals surface area contributed by atoms with Gasteiger partial charge >= 0.3 is 16.4 Å². The van der Waals surface area contributed by atoms with Gasteiger partial charge in [-0.2, -0.15) is 8.42 Å². The quantitative estimate of drug-likeness (QED) is 0.277. The Labute approximate surface area is 291 Å². The summed E-state index contributed by atoms with van der Waals surface area (Å²) in [6.07, 6.45) is 5.69. The number of carbonyl (C=O) groups is 4. The zero-order chi connectivity index (χ0) is 35.8. The first-order valence-corrected chi connectivity index (χ1v) is 18.6. The van der Waals surface area contributed by atoms with Crippen LogP contribution in [0.15, 0.2) is 49.2 Å². The second-order valence-electron chi connectivity index (χ2n) is 14.8. The molecule has 3 saturated carbocycles. The highest BCUT2D eigenvalue weighted by atomic mass is 32.2. The highest BCUT2D eigenvalue weighted by molar-refractivity contribution is 7.85. The maximum Gasteiger partial charge on any atom is 0.408 e. The molecule has 0 unspecified atom stereocenters. The summed E-state index contributed by atoms with van der Waals surface area (Å²) in [6.45, 7) is 9.12. The molecule has 6 rings (SSSR count). The van der Waals surface area contributed by atoms with Crippen LogP contribution in [0.3, 0.4) is 0 Å². The highest BCUT2D eigenvalue weighted by Gasteiger charge is 2.62. The van der Waals surface area contributed by atoms with Crippen LogP contribution in [0.5, 0.6) is 5.88 Å². The fourth-order valence-corrected chi connectivity index (χ4v) is 7.76. The van der Waals surface area contributed by atoms with Crippen molar-refractivity contribution in [3.63, 3.8) is 0 Å². The van der Waals surface area contributed by atoms with Crippen LogP contribution >= 0.6 is 0 Å². The number of pyridine rings is 1. The fourth-order valence-electron chi connectivity index (χ4n) is 6.75. The van der Waals surface area contributed by atoms with Crippen molar-refractivity contribution in [3.05, 3.63) is 49.2 Å². The maximum atomic E-state index is 14.4. The Morgan fingerprint density at radius 2 is 1.76 bits per heavy atom. The molecule has 4 fully saturated rings. The van der Waals surface area contributed by atoms with Gasteiger partial charge in [-0.1, -0.05) is 45.0 Å². The lowest BCUT2D eigenvalue weighted by molar-refractivity contribution is -0.143. The number of fused-ring (bicyclic) bond motifs is 1. The van der Waals surface area contributed by atoms with Crippen LogP contribution in [0.4, 0.5) is 4.79 Å². The third-order valence-corrected chi connectivity index (χ3v) is 10.7. The summed E-state index contributed by atoms with van der Waals surface area (Å²) in [5.74, 6) is -2.40. The molecule has 15 heteroatoms. The van der Waals surface area contributed by atoms with Gasteiger partial charge in [0.25, 0.3) is 5.91 Å². The van der Waals surface area contributed by atoms with Gasteiger partial charge in [0, 0.05) is 23.9 Å². The van der Waals surface area contributed by atoms with E-state index in [1.54, 1.807) is 27.0 Å². The van der Waals surface area contributed by atoms with E-state index in [0.29, 0.717) is 18.7 Å². The molecule has 4 amide bonds. The van der Waals surface area contributed by atoms with Crippen molar-refractivity contribution in [2.75, 3.05) is 6.54 Å². The van der Waals surface area contributed by atoms with Gasteiger partial charge in [-0.25, -0.2) is 14.5 Å². The first-order chi connectivity index (χ1) is 23.7. The summed E-state index contributed by atoms with van der Waals surface area (Å²) in [6, 6.07) is 7.15. The number of ether oxygens (including phenoxy) is 2. The number of amides is 4. The standard InChI is InChI=1S/C35H45N5O9S/c1-5-22-19-35(22,32(43)39-50(45,46)49-24-14-15-24)38-29(41)27-18-25(47-30-26-13-9-6-10-21(26)16-17-36-30)20-40(27)31(42)28(34(2,3)4)37-33(44)48-23-11-7-8-12-23/h5-6,9-10,13,16-17,22-25,27-28H,1,7-8,11-12,14-15,18-20H2,2-4H3,(H,37,44)(H,38,41)(H,39,43)/t22-,25-,27+,28-,35-/m1/s1. The lowest BCUT2D eigenvalue weighted by atomic mass is 9.85. The topological polar surface area (TPSA) is 182 Å². The van der Waals surface area contributed by atoms with Crippen molar-refractivity contribution in [1.82, 2.24) is 25.2 Å². The average molecular weight is 712 g/mol. The molecule has 1 aliphatic heterocycles. The van der Waals surface area contributed by atoms with Gasteiger partial charge in [0.05, 0.1) is 12.6 Å². The zero-order valence-corrected chi connectivity index (χ0v) is 29.4. The molecule has 5 atom stereocenters. The summed E-state index contributed by atoms with van der Waals surface area (Å²) in [7, 11) is -4.41. The largest absolute Gasteiger partial charge is 0.472 e. The first-order valence-electron chi connectivity index (χ1n) is 17.2. The molecule has 270 valence electrons. The van der Waals surface area contributed by atoms with Crippen LogP contribution < -0.4 is 20.1 Å². The molecule has 0 bridgehead atoms. The van der Waals surface area contributed by atoms with Gasteiger partial charge in [-0.05, 0) is 67.9 Å². The molecule has 4 aliphatic rings. The van der Waals surface area contributed by atoms with Gasteiger partial charge in [0.2, 0.25) is 17.7 Å². The fraction of sp³-hybridized carbons (Fsp3) is 0.571. The Hall–Kier alpha value is -4.24. The third-order valence-electron chi connectivity index (χ3n) is 9.77. The van der Waals surface area contributed by atoms with Crippen molar-refractivity contribution in [3.8, 4) is 5.88 Å². The Kier molecular flexibility index (Phi) is 9.83. The Morgan fingerprint density at radius 3 is 2.42 bits per heavy atom. The maximum absolute atomic E-state index is 14.4. The molecule has 1 aromatic carbocycles. The Balaban J connectivity index is 1.25. The number of nitrogens with zero attached hydrogens (tertiary/aromatic N) is 2. The number of hydrogen-bond donors (Lipinski definition) is 3. The lowest BCUT2D eigenvalue weighted by Gasteiger charge is -2.35. The molecule has 3 aliphatic carbocycles. The normalized spacial score (nSPS) is 25.8. The van der Waals surface area contributed by atoms with Gasteiger partial charge in [-0.15, -0.1) is 6.58 Å². The summed E-state index contributed by atoms with van der Waals surface area (Å²) in [5.41, 5.74) is -2.40. The Bertz CT molecular complexity index is 1760.